The van der Waals surface area contributed by atoms with Crippen molar-refractivity contribution in [1.29, 1.82) is 0 Å². The van der Waals surface area contributed by atoms with Crippen molar-refractivity contribution in [3.05, 3.63) is 29.6 Å². The van der Waals surface area contributed by atoms with Gasteiger partial charge in [-0.25, -0.2) is 4.98 Å². The van der Waals surface area contributed by atoms with Crippen molar-refractivity contribution in [3.63, 3.8) is 0 Å². The van der Waals surface area contributed by atoms with Gasteiger partial charge in [-0.05, 0) is 50.6 Å². The number of aromatic nitrogens is 2. The predicted molar refractivity (Wildman–Crippen MR) is 78.9 cm³/mol. The number of carboxylic acids is 1. The van der Waals surface area contributed by atoms with E-state index in [0.29, 0.717) is 13.1 Å². The molecule has 0 saturated carbocycles. The monoisotopic (exact) mass is 275 g/mol. The summed E-state index contributed by atoms with van der Waals surface area (Å²) in [7, 11) is 0. The molecule has 0 spiro atoms. The number of hydrogen-bond donors (Lipinski definition) is 2. The molecule has 108 valence electrons. The van der Waals surface area contributed by atoms with E-state index in [2.05, 4.69) is 16.4 Å². The molecule has 0 aliphatic carbocycles. The third-order valence-electron chi connectivity index (χ3n) is 3.76. The first-order valence-electron chi connectivity index (χ1n) is 6.78. The van der Waals surface area contributed by atoms with Gasteiger partial charge in [-0.15, -0.1) is 0 Å². The Morgan fingerprint density at radius 3 is 2.65 bits per heavy atom. The van der Waals surface area contributed by atoms with Crippen LogP contribution in [0.4, 0.5) is 0 Å². The topological polar surface area (TPSA) is 67.2 Å². The molecule has 0 bridgehead atoms. The Hall–Kier alpha value is -1.88. The highest BCUT2D eigenvalue weighted by atomic mass is 16.4. The lowest BCUT2D eigenvalue weighted by Crippen LogP contribution is -2.52. The van der Waals surface area contributed by atoms with Crippen LogP contribution >= 0.6 is 0 Å². The number of imidazole rings is 1. The maximum atomic E-state index is 11.5. The normalized spacial score (nSPS) is 14.4. The number of nitrogens with zero attached hydrogens (tertiary/aromatic N) is 2. The summed E-state index contributed by atoms with van der Waals surface area (Å²) in [5.41, 5.74) is 3.24. The van der Waals surface area contributed by atoms with E-state index in [4.69, 9.17) is 0 Å². The number of nitrogens with one attached hydrogen (secondary N) is 1. The summed E-state index contributed by atoms with van der Waals surface area (Å²) >= 11 is 0. The standard InChI is InChI=1S/C15H21N3O2/c1-5-17-15(4,14(19)20)8-18-9-16-12-6-10(2)11(3)7-13(12)18/h6-7,9,17H,5,8H2,1-4H3,(H,19,20). The number of hydrogen-bond acceptors (Lipinski definition) is 3. The minimum Gasteiger partial charge on any atom is -0.480 e. The molecule has 5 nitrogen and oxygen atoms in total. The van der Waals surface area contributed by atoms with E-state index < -0.39 is 11.5 Å². The molecule has 0 aliphatic rings. The molecule has 0 fully saturated rings. The van der Waals surface area contributed by atoms with Crippen molar-refractivity contribution < 1.29 is 9.90 Å². The molecule has 1 unspecified atom stereocenters. The van der Waals surface area contributed by atoms with Gasteiger partial charge in [0.2, 0.25) is 0 Å². The molecule has 1 aromatic carbocycles. The molecule has 2 rings (SSSR count). The fourth-order valence-corrected chi connectivity index (χ4v) is 2.37. The quantitative estimate of drug-likeness (QED) is 0.877. The summed E-state index contributed by atoms with van der Waals surface area (Å²) in [4.78, 5) is 15.9. The summed E-state index contributed by atoms with van der Waals surface area (Å²) in [5, 5.41) is 12.5. The van der Waals surface area contributed by atoms with Gasteiger partial charge in [0.15, 0.2) is 0 Å². The van der Waals surface area contributed by atoms with E-state index in [1.165, 1.54) is 11.1 Å². The molecular formula is C15H21N3O2. The second-order valence-corrected chi connectivity index (χ2v) is 5.47. The van der Waals surface area contributed by atoms with E-state index in [1.54, 1.807) is 13.3 Å². The molecule has 5 heteroatoms. The van der Waals surface area contributed by atoms with Crippen LogP contribution in [-0.2, 0) is 11.3 Å². The summed E-state index contributed by atoms with van der Waals surface area (Å²) < 4.78 is 1.90. The predicted octanol–water partition coefficient (Wildman–Crippen LogP) is 2.11. The largest absolute Gasteiger partial charge is 0.480 e. The van der Waals surface area contributed by atoms with Crippen molar-refractivity contribution in [1.82, 2.24) is 14.9 Å². The number of likely N-dealkylation sites (N-methyl/N-ethyl adjacent to an activating group) is 1. The molecule has 2 N–H and O–H groups in total. The van der Waals surface area contributed by atoms with Crippen molar-refractivity contribution in [2.75, 3.05) is 6.54 Å². The van der Waals surface area contributed by atoms with Crippen LogP contribution in [0.3, 0.4) is 0 Å². The first-order chi connectivity index (χ1) is 9.37. The van der Waals surface area contributed by atoms with Gasteiger partial charge in [-0.1, -0.05) is 6.92 Å². The highest BCUT2D eigenvalue weighted by Crippen LogP contribution is 2.20. The molecule has 0 amide bonds. The fourth-order valence-electron chi connectivity index (χ4n) is 2.37. The first kappa shape index (κ1) is 14.5. The highest BCUT2D eigenvalue weighted by Gasteiger charge is 2.32. The maximum absolute atomic E-state index is 11.5. The van der Waals surface area contributed by atoms with Crippen LogP contribution in [0.5, 0.6) is 0 Å². The zero-order valence-corrected chi connectivity index (χ0v) is 12.4. The second kappa shape index (κ2) is 5.25. The third-order valence-corrected chi connectivity index (χ3v) is 3.76. The Labute approximate surface area is 118 Å². The average molecular weight is 275 g/mol. The molecule has 0 aliphatic heterocycles. The molecular weight excluding hydrogens is 254 g/mol. The molecule has 1 aromatic heterocycles. The number of carbonyl (C=O) groups is 1. The van der Waals surface area contributed by atoms with Crippen molar-refractivity contribution >= 4 is 17.0 Å². The van der Waals surface area contributed by atoms with Crippen molar-refractivity contribution in [3.8, 4) is 0 Å². The summed E-state index contributed by atoms with van der Waals surface area (Å²) in [6.45, 7) is 8.65. The number of carboxylic acid groups (broad SMARTS) is 1. The van der Waals surface area contributed by atoms with Gasteiger partial charge in [-0.3, -0.25) is 4.79 Å². The zero-order valence-electron chi connectivity index (χ0n) is 12.4. The van der Waals surface area contributed by atoms with Gasteiger partial charge in [0.25, 0.3) is 0 Å². The molecule has 1 atom stereocenters. The first-order valence-corrected chi connectivity index (χ1v) is 6.78. The Morgan fingerprint density at radius 2 is 2.05 bits per heavy atom. The van der Waals surface area contributed by atoms with E-state index in [9.17, 15) is 9.90 Å². The van der Waals surface area contributed by atoms with E-state index in [1.807, 2.05) is 31.4 Å². The SMILES string of the molecule is CCNC(C)(Cn1cnc2cc(C)c(C)cc21)C(=O)O. The molecule has 20 heavy (non-hydrogen) atoms. The molecule has 0 saturated heterocycles. The second-order valence-electron chi connectivity index (χ2n) is 5.47. The number of aliphatic carboxylic acids is 1. The van der Waals surface area contributed by atoms with Gasteiger partial charge < -0.3 is 15.0 Å². The van der Waals surface area contributed by atoms with E-state index in [0.717, 1.165) is 11.0 Å². The average Bonchev–Trinajstić information content (AvgIpc) is 2.72. The number of benzene rings is 1. The maximum Gasteiger partial charge on any atom is 0.325 e. The van der Waals surface area contributed by atoms with Crippen LogP contribution in [0.1, 0.15) is 25.0 Å². The van der Waals surface area contributed by atoms with Gasteiger partial charge in [-0.2, -0.15) is 0 Å². The Kier molecular flexibility index (Phi) is 3.81. The Balaban J connectivity index is 2.43. The molecule has 1 heterocycles. The number of rotatable bonds is 5. The highest BCUT2D eigenvalue weighted by molar-refractivity contribution is 5.80. The summed E-state index contributed by atoms with van der Waals surface area (Å²) in [6.07, 6.45) is 1.71. The van der Waals surface area contributed by atoms with Crippen LogP contribution in [-0.4, -0.2) is 32.7 Å². The van der Waals surface area contributed by atoms with E-state index >= 15 is 0 Å². The van der Waals surface area contributed by atoms with Crippen LogP contribution < -0.4 is 5.32 Å². The van der Waals surface area contributed by atoms with Crippen LogP contribution in [0, 0.1) is 13.8 Å². The van der Waals surface area contributed by atoms with Gasteiger partial charge in [0.05, 0.1) is 23.9 Å². The zero-order chi connectivity index (χ0) is 14.9. The van der Waals surface area contributed by atoms with Gasteiger partial charge in [0, 0.05) is 0 Å². The van der Waals surface area contributed by atoms with Crippen LogP contribution in [0.15, 0.2) is 18.5 Å². The molecule has 2 aromatic rings. The molecule has 0 radical (unpaired) electrons. The van der Waals surface area contributed by atoms with E-state index in [-0.39, 0.29) is 0 Å². The van der Waals surface area contributed by atoms with Crippen LogP contribution in [0.25, 0.3) is 11.0 Å². The number of aryl methyl sites for hydroxylation is 2. The lowest BCUT2D eigenvalue weighted by Gasteiger charge is -2.26. The fraction of sp³-hybridized carbons (Fsp3) is 0.467. The summed E-state index contributed by atoms with van der Waals surface area (Å²) in [6, 6.07) is 4.10. The third kappa shape index (κ3) is 2.54. The van der Waals surface area contributed by atoms with Crippen LogP contribution in [0.2, 0.25) is 0 Å². The van der Waals surface area contributed by atoms with Gasteiger partial charge in [0.1, 0.15) is 5.54 Å². The lowest BCUT2D eigenvalue weighted by molar-refractivity contribution is -0.144. The minimum absolute atomic E-state index is 0.342. The summed E-state index contributed by atoms with van der Waals surface area (Å²) in [5.74, 6) is -0.856. The van der Waals surface area contributed by atoms with Gasteiger partial charge >= 0.3 is 5.97 Å². The lowest BCUT2D eigenvalue weighted by atomic mass is 10.0. The van der Waals surface area contributed by atoms with Crippen molar-refractivity contribution in [2.45, 2.75) is 39.8 Å². The number of fused-ring (bicyclic) bond motifs is 1. The Morgan fingerprint density at radius 1 is 1.40 bits per heavy atom. The van der Waals surface area contributed by atoms with Crippen molar-refractivity contribution in [2.24, 2.45) is 0 Å². The minimum atomic E-state index is -0.999. The smallest absolute Gasteiger partial charge is 0.325 e. The Bertz CT molecular complexity index is 648.